The van der Waals surface area contributed by atoms with Crippen molar-refractivity contribution in [2.75, 3.05) is 10.6 Å². The van der Waals surface area contributed by atoms with Gasteiger partial charge in [-0.1, -0.05) is 31.7 Å². The quantitative estimate of drug-likeness (QED) is 0.833. The van der Waals surface area contributed by atoms with Crippen LogP contribution in [0.25, 0.3) is 0 Å². The van der Waals surface area contributed by atoms with Gasteiger partial charge in [-0.25, -0.2) is 8.78 Å². The van der Waals surface area contributed by atoms with Crippen LogP contribution >= 0.6 is 0 Å². The standard InChI is InChI=1S/C16H19F2N5/c17-12-8-5-9-13(18)15(12)21-14-10-19-23-16(22-14)20-11-6-3-1-2-4-7-11/h5,8-11H,1-4,6-7H2,(H2,20,21,22,23). The van der Waals surface area contributed by atoms with E-state index < -0.39 is 11.6 Å². The molecule has 0 atom stereocenters. The number of para-hydroxylation sites is 1. The number of anilines is 3. The van der Waals surface area contributed by atoms with E-state index in [1.165, 1.54) is 50.1 Å². The van der Waals surface area contributed by atoms with Gasteiger partial charge in [-0.2, -0.15) is 10.1 Å². The molecule has 0 bridgehead atoms. The lowest BCUT2D eigenvalue weighted by molar-refractivity contribution is 0.590. The summed E-state index contributed by atoms with van der Waals surface area (Å²) in [5.41, 5.74) is -0.242. The van der Waals surface area contributed by atoms with Crippen molar-refractivity contribution in [2.45, 2.75) is 44.6 Å². The monoisotopic (exact) mass is 319 g/mol. The zero-order valence-electron chi connectivity index (χ0n) is 12.7. The second-order valence-electron chi connectivity index (χ2n) is 5.72. The highest BCUT2D eigenvalue weighted by atomic mass is 19.1. The average Bonchev–Trinajstić information content (AvgIpc) is 2.80. The van der Waals surface area contributed by atoms with Crippen molar-refractivity contribution in [3.05, 3.63) is 36.0 Å². The van der Waals surface area contributed by atoms with Gasteiger partial charge in [0.2, 0.25) is 5.95 Å². The molecule has 0 radical (unpaired) electrons. The molecule has 1 heterocycles. The second kappa shape index (κ2) is 7.30. The molecule has 0 aliphatic heterocycles. The normalized spacial score (nSPS) is 15.9. The van der Waals surface area contributed by atoms with Crippen molar-refractivity contribution in [3.8, 4) is 0 Å². The summed E-state index contributed by atoms with van der Waals surface area (Å²) in [6.07, 6.45) is 8.36. The molecular weight excluding hydrogens is 300 g/mol. The lowest BCUT2D eigenvalue weighted by Crippen LogP contribution is -2.20. The molecule has 1 saturated carbocycles. The molecule has 1 fully saturated rings. The molecule has 1 aromatic carbocycles. The molecule has 2 aromatic rings. The van der Waals surface area contributed by atoms with Crippen molar-refractivity contribution >= 4 is 17.5 Å². The molecule has 1 aromatic heterocycles. The Hall–Kier alpha value is -2.31. The van der Waals surface area contributed by atoms with Crippen molar-refractivity contribution in [2.24, 2.45) is 0 Å². The first-order valence-electron chi connectivity index (χ1n) is 7.89. The Morgan fingerprint density at radius 1 is 1.00 bits per heavy atom. The summed E-state index contributed by atoms with van der Waals surface area (Å²) in [6.45, 7) is 0. The van der Waals surface area contributed by atoms with Crippen LogP contribution in [-0.2, 0) is 0 Å². The van der Waals surface area contributed by atoms with Crippen molar-refractivity contribution in [3.63, 3.8) is 0 Å². The largest absolute Gasteiger partial charge is 0.350 e. The van der Waals surface area contributed by atoms with Gasteiger partial charge in [-0.3, -0.25) is 0 Å². The predicted octanol–water partition coefficient (Wildman–Crippen LogP) is 4.03. The zero-order chi connectivity index (χ0) is 16.1. The third kappa shape index (κ3) is 4.12. The molecule has 0 amide bonds. The van der Waals surface area contributed by atoms with Gasteiger partial charge in [-0.05, 0) is 25.0 Å². The van der Waals surface area contributed by atoms with Gasteiger partial charge in [0.15, 0.2) is 5.82 Å². The Labute approximate surface area is 133 Å². The van der Waals surface area contributed by atoms with Crippen LogP contribution in [0.2, 0.25) is 0 Å². The van der Waals surface area contributed by atoms with Crippen LogP contribution < -0.4 is 10.6 Å². The van der Waals surface area contributed by atoms with E-state index in [1.807, 2.05) is 0 Å². The molecule has 3 rings (SSSR count). The summed E-state index contributed by atoms with van der Waals surface area (Å²) in [4.78, 5) is 4.25. The number of halogens is 2. The molecule has 2 N–H and O–H groups in total. The fourth-order valence-corrected chi connectivity index (χ4v) is 2.78. The van der Waals surface area contributed by atoms with Crippen molar-refractivity contribution in [1.29, 1.82) is 0 Å². The van der Waals surface area contributed by atoms with Crippen LogP contribution in [0.1, 0.15) is 38.5 Å². The lowest BCUT2D eigenvalue weighted by Gasteiger charge is -2.16. The highest BCUT2D eigenvalue weighted by molar-refractivity contribution is 5.57. The van der Waals surface area contributed by atoms with E-state index in [1.54, 1.807) is 0 Å². The van der Waals surface area contributed by atoms with Crippen LogP contribution in [0.15, 0.2) is 24.4 Å². The van der Waals surface area contributed by atoms with Crippen molar-refractivity contribution in [1.82, 2.24) is 15.2 Å². The van der Waals surface area contributed by atoms with Gasteiger partial charge < -0.3 is 10.6 Å². The maximum absolute atomic E-state index is 13.7. The fourth-order valence-electron chi connectivity index (χ4n) is 2.78. The summed E-state index contributed by atoms with van der Waals surface area (Å²) in [6, 6.07) is 4.00. The molecule has 7 heteroatoms. The Bertz CT molecular complexity index is 636. The van der Waals surface area contributed by atoms with Crippen molar-refractivity contribution < 1.29 is 8.78 Å². The van der Waals surface area contributed by atoms with E-state index in [9.17, 15) is 8.78 Å². The zero-order valence-corrected chi connectivity index (χ0v) is 12.7. The van der Waals surface area contributed by atoms with Gasteiger partial charge in [0.25, 0.3) is 0 Å². The first-order chi connectivity index (χ1) is 11.2. The van der Waals surface area contributed by atoms with Gasteiger partial charge in [-0.15, -0.1) is 5.10 Å². The molecule has 0 spiro atoms. The smallest absolute Gasteiger partial charge is 0.244 e. The third-order valence-corrected chi connectivity index (χ3v) is 3.96. The summed E-state index contributed by atoms with van der Waals surface area (Å²) in [7, 11) is 0. The number of benzene rings is 1. The van der Waals surface area contributed by atoms with E-state index in [2.05, 4.69) is 25.8 Å². The number of rotatable bonds is 4. The first kappa shape index (κ1) is 15.6. The minimum Gasteiger partial charge on any atom is -0.350 e. The summed E-state index contributed by atoms with van der Waals surface area (Å²) < 4.78 is 27.3. The maximum atomic E-state index is 13.7. The molecule has 23 heavy (non-hydrogen) atoms. The SMILES string of the molecule is Fc1cccc(F)c1Nc1cnnc(NC2CCCCCC2)n1. The van der Waals surface area contributed by atoms with Crippen LogP contribution in [0.4, 0.5) is 26.2 Å². The number of nitrogens with zero attached hydrogens (tertiary/aromatic N) is 3. The summed E-state index contributed by atoms with van der Waals surface area (Å²) in [5, 5.41) is 13.7. The second-order valence-corrected chi connectivity index (χ2v) is 5.72. The van der Waals surface area contributed by atoms with E-state index in [0.717, 1.165) is 12.8 Å². The Balaban J connectivity index is 1.72. The van der Waals surface area contributed by atoms with Crippen LogP contribution in [0.3, 0.4) is 0 Å². The number of aromatic nitrogens is 3. The van der Waals surface area contributed by atoms with Crippen LogP contribution in [0.5, 0.6) is 0 Å². The third-order valence-electron chi connectivity index (χ3n) is 3.96. The van der Waals surface area contributed by atoms with Crippen LogP contribution in [-0.4, -0.2) is 21.2 Å². The highest BCUT2D eigenvalue weighted by Gasteiger charge is 2.14. The maximum Gasteiger partial charge on any atom is 0.244 e. The van der Waals surface area contributed by atoms with E-state index in [4.69, 9.17) is 0 Å². The Kier molecular flexibility index (Phi) is 4.95. The molecule has 122 valence electrons. The Morgan fingerprint density at radius 2 is 1.70 bits per heavy atom. The van der Waals surface area contributed by atoms with E-state index in [-0.39, 0.29) is 11.5 Å². The van der Waals surface area contributed by atoms with E-state index >= 15 is 0 Å². The van der Waals surface area contributed by atoms with Gasteiger partial charge in [0.1, 0.15) is 17.3 Å². The van der Waals surface area contributed by atoms with Gasteiger partial charge >= 0.3 is 0 Å². The van der Waals surface area contributed by atoms with Gasteiger partial charge in [0.05, 0.1) is 6.20 Å². The molecular formula is C16H19F2N5. The fraction of sp³-hybridized carbons (Fsp3) is 0.438. The predicted molar refractivity (Wildman–Crippen MR) is 84.6 cm³/mol. The molecule has 0 unspecified atom stereocenters. The van der Waals surface area contributed by atoms with Crippen LogP contribution in [0, 0.1) is 11.6 Å². The number of nitrogens with one attached hydrogen (secondary N) is 2. The molecule has 0 saturated heterocycles. The highest BCUT2D eigenvalue weighted by Crippen LogP contribution is 2.23. The van der Waals surface area contributed by atoms with E-state index in [0.29, 0.717) is 12.0 Å². The van der Waals surface area contributed by atoms with Gasteiger partial charge in [0, 0.05) is 6.04 Å². The minimum atomic E-state index is -0.679. The summed E-state index contributed by atoms with van der Waals surface area (Å²) >= 11 is 0. The Morgan fingerprint density at radius 3 is 2.39 bits per heavy atom. The number of hydrogen-bond acceptors (Lipinski definition) is 5. The molecule has 1 aliphatic rings. The first-order valence-corrected chi connectivity index (χ1v) is 7.89. The summed E-state index contributed by atoms with van der Waals surface area (Å²) in [5.74, 6) is -0.734. The topological polar surface area (TPSA) is 62.7 Å². The molecule has 5 nitrogen and oxygen atoms in total. The average molecular weight is 319 g/mol. The molecule has 1 aliphatic carbocycles. The number of hydrogen-bond donors (Lipinski definition) is 2. The minimum absolute atomic E-state index is 0.242. The lowest BCUT2D eigenvalue weighted by atomic mass is 10.1.